The summed E-state index contributed by atoms with van der Waals surface area (Å²) >= 11 is 3.65. The first-order valence-corrected chi connectivity index (χ1v) is 7.48. The van der Waals surface area contributed by atoms with E-state index < -0.39 is 0 Å². The lowest BCUT2D eigenvalue weighted by atomic mass is 9.95. The van der Waals surface area contributed by atoms with Gasteiger partial charge < -0.3 is 10.1 Å². The molecule has 20 heavy (non-hydrogen) atoms. The van der Waals surface area contributed by atoms with Gasteiger partial charge in [-0.2, -0.15) is 5.26 Å². The van der Waals surface area contributed by atoms with E-state index in [-0.39, 0.29) is 5.41 Å². The van der Waals surface area contributed by atoms with Crippen LogP contribution in [0.1, 0.15) is 36.1 Å². The summed E-state index contributed by atoms with van der Waals surface area (Å²) < 4.78 is 6.71. The largest absolute Gasteiger partial charge is 0.496 e. The maximum Gasteiger partial charge on any atom is 0.126 e. The lowest BCUT2D eigenvalue weighted by Gasteiger charge is -2.21. The molecule has 0 aromatic heterocycles. The molecular formula is C16H23BrN2O. The van der Waals surface area contributed by atoms with Gasteiger partial charge in [0.2, 0.25) is 0 Å². The highest BCUT2D eigenvalue weighted by molar-refractivity contribution is 9.10. The van der Waals surface area contributed by atoms with Crippen molar-refractivity contribution in [2.45, 2.75) is 41.2 Å². The molecule has 1 aromatic rings. The maximum atomic E-state index is 9.05. The van der Waals surface area contributed by atoms with E-state index in [1.54, 1.807) is 7.11 Å². The Bertz CT molecular complexity index is 545. The first-order valence-electron chi connectivity index (χ1n) is 6.69. The normalized spacial score (nSPS) is 11.3. The second-order valence-corrected chi connectivity index (χ2v) is 6.59. The number of methoxy groups -OCH3 is 1. The summed E-state index contributed by atoms with van der Waals surface area (Å²) in [6, 6.07) is 2.30. The molecule has 4 heteroatoms. The number of hydrogen-bond acceptors (Lipinski definition) is 3. The number of nitriles is 1. The minimum atomic E-state index is -0.363. The van der Waals surface area contributed by atoms with E-state index in [4.69, 9.17) is 10.00 Å². The Morgan fingerprint density at radius 2 is 1.80 bits per heavy atom. The SMILES string of the molecule is COc1c(C)c(C)c(Br)c(C)c1CNCC(C)(C)C#N. The van der Waals surface area contributed by atoms with Gasteiger partial charge in [0.1, 0.15) is 5.75 Å². The van der Waals surface area contributed by atoms with Gasteiger partial charge in [0.05, 0.1) is 18.6 Å². The highest BCUT2D eigenvalue weighted by Crippen LogP contribution is 2.35. The summed E-state index contributed by atoms with van der Waals surface area (Å²) in [4.78, 5) is 0. The van der Waals surface area contributed by atoms with Crippen LogP contribution in [0.4, 0.5) is 0 Å². The number of hydrogen-bond donors (Lipinski definition) is 1. The van der Waals surface area contributed by atoms with Crippen molar-refractivity contribution in [1.82, 2.24) is 5.32 Å². The summed E-state index contributed by atoms with van der Waals surface area (Å²) in [6.07, 6.45) is 0. The van der Waals surface area contributed by atoms with E-state index in [0.717, 1.165) is 21.3 Å². The zero-order chi connectivity index (χ0) is 15.5. The molecule has 0 bridgehead atoms. The van der Waals surface area contributed by atoms with Crippen molar-refractivity contribution in [3.8, 4) is 11.8 Å². The van der Waals surface area contributed by atoms with E-state index in [2.05, 4.69) is 48.1 Å². The molecule has 0 unspecified atom stereocenters. The first-order chi connectivity index (χ1) is 9.25. The zero-order valence-electron chi connectivity index (χ0n) is 13.1. The van der Waals surface area contributed by atoms with Crippen molar-refractivity contribution in [3.05, 3.63) is 26.7 Å². The summed E-state index contributed by atoms with van der Waals surface area (Å²) in [7, 11) is 1.71. The molecule has 0 aliphatic heterocycles. The Balaban J connectivity index is 3.04. The molecular weight excluding hydrogens is 316 g/mol. The van der Waals surface area contributed by atoms with Crippen LogP contribution in [0.2, 0.25) is 0 Å². The Morgan fingerprint density at radius 3 is 2.30 bits per heavy atom. The molecule has 110 valence electrons. The molecule has 1 rings (SSSR count). The summed E-state index contributed by atoms with van der Waals surface area (Å²) in [6.45, 7) is 11.5. The Labute approximate surface area is 130 Å². The molecule has 0 heterocycles. The van der Waals surface area contributed by atoms with Crippen LogP contribution >= 0.6 is 15.9 Å². The minimum absolute atomic E-state index is 0.363. The second kappa shape index (κ2) is 6.60. The molecule has 0 saturated heterocycles. The lowest BCUT2D eigenvalue weighted by molar-refractivity contribution is 0.398. The van der Waals surface area contributed by atoms with Crippen LogP contribution in [0.15, 0.2) is 4.47 Å². The predicted molar refractivity (Wildman–Crippen MR) is 86.0 cm³/mol. The topological polar surface area (TPSA) is 45.0 Å². The first kappa shape index (κ1) is 17.0. The van der Waals surface area contributed by atoms with Crippen molar-refractivity contribution >= 4 is 15.9 Å². The van der Waals surface area contributed by atoms with Crippen LogP contribution in [0, 0.1) is 37.5 Å². The smallest absolute Gasteiger partial charge is 0.126 e. The Hall–Kier alpha value is -1.05. The fraction of sp³-hybridized carbons (Fsp3) is 0.562. The molecule has 0 amide bonds. The lowest BCUT2D eigenvalue weighted by Crippen LogP contribution is -2.28. The van der Waals surface area contributed by atoms with E-state index in [9.17, 15) is 0 Å². The third-order valence-corrected chi connectivity index (χ3v) is 4.85. The Morgan fingerprint density at radius 1 is 1.20 bits per heavy atom. The summed E-state index contributed by atoms with van der Waals surface area (Å²) in [5.41, 5.74) is 4.34. The van der Waals surface area contributed by atoms with Crippen molar-refractivity contribution in [3.63, 3.8) is 0 Å². The molecule has 0 radical (unpaired) electrons. The fourth-order valence-corrected chi connectivity index (χ4v) is 2.71. The molecule has 0 saturated carbocycles. The van der Waals surface area contributed by atoms with Crippen LogP contribution in [0.5, 0.6) is 5.75 Å². The summed E-state index contributed by atoms with van der Waals surface area (Å²) in [5.74, 6) is 0.936. The van der Waals surface area contributed by atoms with Crippen LogP contribution in [-0.2, 0) is 6.54 Å². The number of rotatable bonds is 5. The number of ether oxygens (including phenoxy) is 1. The van der Waals surface area contributed by atoms with Crippen molar-refractivity contribution in [2.24, 2.45) is 5.41 Å². The third-order valence-electron chi connectivity index (χ3n) is 3.66. The van der Waals surface area contributed by atoms with E-state index in [0.29, 0.717) is 13.1 Å². The van der Waals surface area contributed by atoms with Gasteiger partial charge in [-0.05, 0) is 51.3 Å². The van der Waals surface area contributed by atoms with E-state index >= 15 is 0 Å². The molecule has 0 spiro atoms. The molecule has 1 aromatic carbocycles. The van der Waals surface area contributed by atoms with Crippen LogP contribution < -0.4 is 10.1 Å². The van der Waals surface area contributed by atoms with Crippen molar-refractivity contribution in [1.29, 1.82) is 5.26 Å². The van der Waals surface area contributed by atoms with Crippen LogP contribution in [0.25, 0.3) is 0 Å². The van der Waals surface area contributed by atoms with Gasteiger partial charge in [0.25, 0.3) is 0 Å². The predicted octanol–water partition coefficient (Wildman–Crippen LogP) is 4.02. The standard InChI is InChI=1S/C16H23BrN2O/c1-10-11(2)15(20-6)13(12(3)14(10)17)7-19-9-16(4,5)8-18/h19H,7,9H2,1-6H3. The van der Waals surface area contributed by atoms with Gasteiger partial charge in [-0.15, -0.1) is 0 Å². The second-order valence-electron chi connectivity index (χ2n) is 5.80. The van der Waals surface area contributed by atoms with E-state index in [1.165, 1.54) is 11.1 Å². The van der Waals surface area contributed by atoms with Gasteiger partial charge >= 0.3 is 0 Å². The van der Waals surface area contributed by atoms with Gasteiger partial charge in [0.15, 0.2) is 0 Å². The number of benzene rings is 1. The number of nitrogens with one attached hydrogen (secondary N) is 1. The maximum absolute atomic E-state index is 9.05. The highest BCUT2D eigenvalue weighted by Gasteiger charge is 2.19. The number of nitrogens with zero attached hydrogens (tertiary/aromatic N) is 1. The van der Waals surface area contributed by atoms with E-state index in [1.807, 2.05) is 13.8 Å². The van der Waals surface area contributed by atoms with Crippen molar-refractivity contribution < 1.29 is 4.74 Å². The molecule has 3 nitrogen and oxygen atoms in total. The number of halogens is 1. The summed E-state index contributed by atoms with van der Waals surface area (Å²) in [5, 5.41) is 12.4. The zero-order valence-corrected chi connectivity index (χ0v) is 14.7. The highest BCUT2D eigenvalue weighted by atomic mass is 79.9. The average molecular weight is 339 g/mol. The van der Waals surface area contributed by atoms with Crippen molar-refractivity contribution in [2.75, 3.05) is 13.7 Å². The fourth-order valence-electron chi connectivity index (χ4n) is 2.17. The quantitative estimate of drug-likeness (QED) is 0.881. The molecule has 1 N–H and O–H groups in total. The average Bonchev–Trinajstić information content (AvgIpc) is 2.42. The minimum Gasteiger partial charge on any atom is -0.496 e. The molecule has 0 aliphatic rings. The van der Waals surface area contributed by atoms with Gasteiger partial charge in [-0.25, -0.2) is 0 Å². The third kappa shape index (κ3) is 3.53. The molecule has 0 aliphatic carbocycles. The molecule has 0 atom stereocenters. The van der Waals surface area contributed by atoms with Gasteiger partial charge in [-0.3, -0.25) is 0 Å². The Kier molecular flexibility index (Phi) is 5.61. The monoisotopic (exact) mass is 338 g/mol. The van der Waals surface area contributed by atoms with Gasteiger partial charge in [0, 0.05) is 23.1 Å². The van der Waals surface area contributed by atoms with Crippen LogP contribution in [0.3, 0.4) is 0 Å². The molecule has 0 fully saturated rings. The van der Waals surface area contributed by atoms with Gasteiger partial charge in [-0.1, -0.05) is 15.9 Å². The van der Waals surface area contributed by atoms with Crippen LogP contribution in [-0.4, -0.2) is 13.7 Å².